The number of thiol groups is 1. The lowest BCUT2D eigenvalue weighted by atomic mass is 10.0. The maximum absolute atomic E-state index is 11.2. The lowest BCUT2D eigenvalue weighted by molar-refractivity contribution is -0.124. The van der Waals surface area contributed by atoms with E-state index in [1.165, 1.54) is 0 Å². The molecule has 0 rings (SSSR count). The SMILES string of the molecule is CNC(=O)CCC(CS)C(=O)NC. The van der Waals surface area contributed by atoms with Crippen LogP contribution in [0.5, 0.6) is 0 Å². The van der Waals surface area contributed by atoms with E-state index >= 15 is 0 Å². The molecule has 0 saturated heterocycles. The Morgan fingerprint density at radius 2 is 1.92 bits per heavy atom. The minimum atomic E-state index is -0.175. The minimum Gasteiger partial charge on any atom is -0.359 e. The largest absolute Gasteiger partial charge is 0.359 e. The summed E-state index contributed by atoms with van der Waals surface area (Å²) in [7, 11) is 3.16. The van der Waals surface area contributed by atoms with Crippen molar-refractivity contribution in [1.29, 1.82) is 0 Å². The maximum Gasteiger partial charge on any atom is 0.223 e. The minimum absolute atomic E-state index is 0.0457. The normalized spacial score (nSPS) is 11.9. The molecule has 76 valence electrons. The number of amides is 2. The van der Waals surface area contributed by atoms with Gasteiger partial charge in [0.2, 0.25) is 11.8 Å². The van der Waals surface area contributed by atoms with Crippen LogP contribution in [0.25, 0.3) is 0 Å². The first-order chi connectivity index (χ1) is 6.15. The molecule has 1 unspecified atom stereocenters. The van der Waals surface area contributed by atoms with Crippen LogP contribution in [0.2, 0.25) is 0 Å². The topological polar surface area (TPSA) is 58.2 Å². The van der Waals surface area contributed by atoms with Crippen LogP contribution in [0, 0.1) is 5.92 Å². The predicted octanol–water partition coefficient (Wildman–Crippen LogP) is -0.195. The fourth-order valence-electron chi connectivity index (χ4n) is 0.940. The molecule has 0 aliphatic carbocycles. The number of carbonyl (C=O) groups excluding carboxylic acids is 2. The number of hydrogen-bond acceptors (Lipinski definition) is 3. The second-order valence-electron chi connectivity index (χ2n) is 2.71. The standard InChI is InChI=1S/C8H16N2O2S/c1-9-7(11)4-3-6(5-13)8(12)10-2/h6,13H,3-5H2,1-2H3,(H,9,11)(H,10,12). The van der Waals surface area contributed by atoms with E-state index in [0.717, 1.165) is 0 Å². The Hall–Kier alpha value is -0.710. The van der Waals surface area contributed by atoms with Gasteiger partial charge in [0.15, 0.2) is 0 Å². The van der Waals surface area contributed by atoms with E-state index in [1.807, 2.05) is 0 Å². The van der Waals surface area contributed by atoms with Gasteiger partial charge in [0.25, 0.3) is 0 Å². The van der Waals surface area contributed by atoms with Crippen LogP contribution in [0.1, 0.15) is 12.8 Å². The van der Waals surface area contributed by atoms with E-state index in [4.69, 9.17) is 0 Å². The summed E-state index contributed by atoms with van der Waals surface area (Å²) in [4.78, 5) is 22.0. The molecule has 0 aromatic carbocycles. The Bertz CT molecular complexity index is 185. The Labute approximate surface area is 83.9 Å². The zero-order chi connectivity index (χ0) is 10.3. The number of carbonyl (C=O) groups is 2. The van der Waals surface area contributed by atoms with E-state index in [2.05, 4.69) is 23.3 Å². The van der Waals surface area contributed by atoms with Gasteiger partial charge in [-0.2, -0.15) is 12.6 Å². The van der Waals surface area contributed by atoms with Gasteiger partial charge in [-0.3, -0.25) is 9.59 Å². The third-order valence-corrected chi connectivity index (χ3v) is 2.28. The lowest BCUT2D eigenvalue weighted by Gasteiger charge is -2.11. The quantitative estimate of drug-likeness (QED) is 0.543. The van der Waals surface area contributed by atoms with Crippen molar-refractivity contribution in [2.75, 3.05) is 19.8 Å². The lowest BCUT2D eigenvalue weighted by Crippen LogP contribution is -2.30. The number of nitrogens with one attached hydrogen (secondary N) is 2. The van der Waals surface area contributed by atoms with Crippen LogP contribution >= 0.6 is 12.6 Å². The first-order valence-electron chi connectivity index (χ1n) is 4.18. The highest BCUT2D eigenvalue weighted by molar-refractivity contribution is 7.80. The van der Waals surface area contributed by atoms with Crippen LogP contribution in [0.3, 0.4) is 0 Å². The van der Waals surface area contributed by atoms with Crippen molar-refractivity contribution in [1.82, 2.24) is 10.6 Å². The summed E-state index contributed by atoms with van der Waals surface area (Å²) in [6.45, 7) is 0. The Morgan fingerprint density at radius 3 is 2.31 bits per heavy atom. The smallest absolute Gasteiger partial charge is 0.223 e. The summed E-state index contributed by atoms with van der Waals surface area (Å²) < 4.78 is 0. The van der Waals surface area contributed by atoms with Crippen LogP contribution < -0.4 is 10.6 Å². The van der Waals surface area contributed by atoms with Gasteiger partial charge in [-0.1, -0.05) is 0 Å². The third-order valence-electron chi connectivity index (χ3n) is 1.84. The summed E-state index contributed by atoms with van der Waals surface area (Å²) >= 11 is 4.05. The predicted molar refractivity (Wildman–Crippen MR) is 54.7 cm³/mol. The molecule has 13 heavy (non-hydrogen) atoms. The number of hydrogen-bond donors (Lipinski definition) is 3. The van der Waals surface area contributed by atoms with Gasteiger partial charge < -0.3 is 10.6 Å². The molecule has 0 aromatic rings. The van der Waals surface area contributed by atoms with Gasteiger partial charge in [-0.05, 0) is 6.42 Å². The molecule has 0 spiro atoms. The summed E-state index contributed by atoms with van der Waals surface area (Å²) in [5.74, 6) is 0.191. The second-order valence-corrected chi connectivity index (χ2v) is 3.07. The molecule has 2 amide bonds. The molecule has 0 bridgehead atoms. The molecule has 5 heteroatoms. The van der Waals surface area contributed by atoms with E-state index in [0.29, 0.717) is 18.6 Å². The first kappa shape index (κ1) is 12.3. The summed E-state index contributed by atoms with van der Waals surface area (Å²) in [6.07, 6.45) is 0.915. The van der Waals surface area contributed by atoms with Crippen molar-refractivity contribution >= 4 is 24.4 Å². The molecule has 4 nitrogen and oxygen atoms in total. The molecule has 1 atom stereocenters. The zero-order valence-corrected chi connectivity index (χ0v) is 8.86. The first-order valence-corrected chi connectivity index (χ1v) is 4.82. The van der Waals surface area contributed by atoms with Crippen molar-refractivity contribution in [2.24, 2.45) is 5.92 Å². The van der Waals surface area contributed by atoms with Crippen LogP contribution in [-0.2, 0) is 9.59 Å². The van der Waals surface area contributed by atoms with E-state index < -0.39 is 0 Å². The number of rotatable bonds is 5. The fourth-order valence-corrected chi connectivity index (χ4v) is 1.29. The van der Waals surface area contributed by atoms with Crippen molar-refractivity contribution < 1.29 is 9.59 Å². The van der Waals surface area contributed by atoms with Gasteiger partial charge in [0.1, 0.15) is 0 Å². The zero-order valence-electron chi connectivity index (χ0n) is 7.96. The molecule has 0 radical (unpaired) electrons. The Kier molecular flexibility index (Phi) is 6.40. The fraction of sp³-hybridized carbons (Fsp3) is 0.750. The molecular formula is C8H16N2O2S. The molecule has 0 aromatic heterocycles. The average Bonchev–Trinajstić information content (AvgIpc) is 2.17. The van der Waals surface area contributed by atoms with E-state index in [9.17, 15) is 9.59 Å². The summed E-state index contributed by atoms with van der Waals surface area (Å²) in [6, 6.07) is 0. The van der Waals surface area contributed by atoms with Gasteiger partial charge >= 0.3 is 0 Å². The van der Waals surface area contributed by atoms with Crippen molar-refractivity contribution in [3.63, 3.8) is 0 Å². The second kappa shape index (κ2) is 6.77. The molecule has 0 heterocycles. The van der Waals surface area contributed by atoms with Crippen LogP contribution in [0.15, 0.2) is 0 Å². The average molecular weight is 204 g/mol. The monoisotopic (exact) mass is 204 g/mol. The molecule has 0 saturated carbocycles. The molecular weight excluding hydrogens is 188 g/mol. The van der Waals surface area contributed by atoms with Gasteiger partial charge in [-0.25, -0.2) is 0 Å². The molecule has 0 aliphatic rings. The molecule has 2 N–H and O–H groups in total. The van der Waals surface area contributed by atoms with Gasteiger partial charge in [0, 0.05) is 32.2 Å². The van der Waals surface area contributed by atoms with Gasteiger partial charge in [0.05, 0.1) is 0 Å². The van der Waals surface area contributed by atoms with E-state index in [-0.39, 0.29) is 17.7 Å². The Morgan fingerprint density at radius 1 is 1.31 bits per heavy atom. The highest BCUT2D eigenvalue weighted by Gasteiger charge is 2.15. The van der Waals surface area contributed by atoms with Crippen LogP contribution in [0.4, 0.5) is 0 Å². The molecule has 0 fully saturated rings. The Balaban J connectivity index is 3.85. The third kappa shape index (κ3) is 4.77. The van der Waals surface area contributed by atoms with Gasteiger partial charge in [-0.15, -0.1) is 0 Å². The van der Waals surface area contributed by atoms with Crippen molar-refractivity contribution in [2.45, 2.75) is 12.8 Å². The maximum atomic E-state index is 11.2. The van der Waals surface area contributed by atoms with Crippen molar-refractivity contribution in [3.8, 4) is 0 Å². The van der Waals surface area contributed by atoms with E-state index in [1.54, 1.807) is 14.1 Å². The highest BCUT2D eigenvalue weighted by atomic mass is 32.1. The summed E-state index contributed by atoms with van der Waals surface area (Å²) in [5, 5.41) is 5.04. The summed E-state index contributed by atoms with van der Waals surface area (Å²) in [5.41, 5.74) is 0. The van der Waals surface area contributed by atoms with Crippen LogP contribution in [-0.4, -0.2) is 31.7 Å². The molecule has 0 aliphatic heterocycles. The highest BCUT2D eigenvalue weighted by Crippen LogP contribution is 2.08. The van der Waals surface area contributed by atoms with Crippen molar-refractivity contribution in [3.05, 3.63) is 0 Å².